The van der Waals surface area contributed by atoms with Gasteiger partial charge in [-0.1, -0.05) is 31.5 Å². The van der Waals surface area contributed by atoms with Crippen molar-refractivity contribution >= 4 is 18.3 Å². The predicted molar refractivity (Wildman–Crippen MR) is 96.1 cm³/mol. The van der Waals surface area contributed by atoms with E-state index in [1.807, 2.05) is 17.0 Å². The van der Waals surface area contributed by atoms with Gasteiger partial charge in [-0.05, 0) is 43.2 Å². The molecule has 1 atom stereocenters. The lowest BCUT2D eigenvalue weighted by Gasteiger charge is -2.33. The molecule has 0 aliphatic carbocycles. The van der Waals surface area contributed by atoms with Crippen LogP contribution in [0.2, 0.25) is 0 Å². The molecule has 0 bridgehead atoms. The molecule has 1 aromatic carbocycles. The number of hydrogen-bond acceptors (Lipinski definition) is 3. The van der Waals surface area contributed by atoms with Gasteiger partial charge in [-0.15, -0.1) is 12.4 Å². The zero-order valence-electron chi connectivity index (χ0n) is 14.2. The van der Waals surface area contributed by atoms with Gasteiger partial charge in [-0.3, -0.25) is 4.79 Å². The standard InChI is InChI=1S/C18H28N2O2.ClH/c1-3-6-16(19)18(21)20-11-9-14(10-12-20)13-15-7-4-5-8-17(15)22-2;/h4-5,7-8,14,16H,3,6,9-13,19H2,1-2H3;1H. The van der Waals surface area contributed by atoms with Crippen molar-refractivity contribution in [2.24, 2.45) is 11.7 Å². The number of nitrogens with zero attached hydrogens (tertiary/aromatic N) is 1. The van der Waals surface area contributed by atoms with E-state index in [1.165, 1.54) is 5.56 Å². The molecule has 23 heavy (non-hydrogen) atoms. The molecule has 1 aliphatic heterocycles. The monoisotopic (exact) mass is 340 g/mol. The molecule has 4 nitrogen and oxygen atoms in total. The van der Waals surface area contributed by atoms with Crippen LogP contribution in [0.3, 0.4) is 0 Å². The fraction of sp³-hybridized carbons (Fsp3) is 0.611. The first-order valence-electron chi connectivity index (χ1n) is 8.32. The van der Waals surface area contributed by atoms with Crippen LogP contribution in [-0.2, 0) is 11.2 Å². The van der Waals surface area contributed by atoms with Crippen LogP contribution in [0.15, 0.2) is 24.3 Å². The van der Waals surface area contributed by atoms with Crippen molar-refractivity contribution in [1.82, 2.24) is 4.90 Å². The summed E-state index contributed by atoms with van der Waals surface area (Å²) in [6.45, 7) is 3.72. The fourth-order valence-electron chi connectivity index (χ4n) is 3.21. The molecule has 2 N–H and O–H groups in total. The number of ether oxygens (including phenoxy) is 1. The number of benzene rings is 1. The van der Waals surface area contributed by atoms with Crippen molar-refractivity contribution in [3.8, 4) is 5.75 Å². The Labute approximate surface area is 145 Å². The topological polar surface area (TPSA) is 55.6 Å². The van der Waals surface area contributed by atoms with E-state index in [0.717, 1.165) is 50.9 Å². The fourth-order valence-corrected chi connectivity index (χ4v) is 3.21. The van der Waals surface area contributed by atoms with Gasteiger partial charge in [0, 0.05) is 13.1 Å². The van der Waals surface area contributed by atoms with Crippen molar-refractivity contribution in [2.45, 2.75) is 45.1 Å². The van der Waals surface area contributed by atoms with Gasteiger partial charge in [0.15, 0.2) is 0 Å². The molecule has 1 aromatic rings. The number of hydrogen-bond donors (Lipinski definition) is 1. The number of nitrogens with two attached hydrogens (primary N) is 1. The number of likely N-dealkylation sites (tertiary alicyclic amines) is 1. The number of carbonyl (C=O) groups excluding carboxylic acids is 1. The second kappa shape index (κ2) is 9.78. The third-order valence-electron chi connectivity index (χ3n) is 4.54. The highest BCUT2D eigenvalue weighted by Gasteiger charge is 2.26. The Morgan fingerprint density at radius 1 is 1.35 bits per heavy atom. The second-order valence-electron chi connectivity index (χ2n) is 6.18. The van der Waals surface area contributed by atoms with Crippen molar-refractivity contribution in [3.63, 3.8) is 0 Å². The summed E-state index contributed by atoms with van der Waals surface area (Å²) in [7, 11) is 1.72. The number of para-hydroxylation sites is 1. The van der Waals surface area contributed by atoms with Crippen molar-refractivity contribution in [2.75, 3.05) is 20.2 Å². The van der Waals surface area contributed by atoms with E-state index in [0.29, 0.717) is 5.92 Å². The molecule has 1 amide bonds. The Morgan fingerprint density at radius 2 is 2.00 bits per heavy atom. The summed E-state index contributed by atoms with van der Waals surface area (Å²) in [5, 5.41) is 0. The smallest absolute Gasteiger partial charge is 0.239 e. The van der Waals surface area contributed by atoms with Gasteiger partial charge in [-0.2, -0.15) is 0 Å². The maximum atomic E-state index is 12.2. The number of carbonyl (C=O) groups is 1. The average molecular weight is 341 g/mol. The van der Waals surface area contributed by atoms with Crippen molar-refractivity contribution in [3.05, 3.63) is 29.8 Å². The summed E-state index contributed by atoms with van der Waals surface area (Å²) in [5.41, 5.74) is 7.21. The summed E-state index contributed by atoms with van der Waals surface area (Å²) in [6.07, 6.45) is 4.84. The average Bonchev–Trinajstić information content (AvgIpc) is 2.55. The Hall–Kier alpha value is -1.26. The molecule has 1 aliphatic rings. The highest BCUT2D eigenvalue weighted by Crippen LogP contribution is 2.26. The first-order valence-corrected chi connectivity index (χ1v) is 8.32. The highest BCUT2D eigenvalue weighted by molar-refractivity contribution is 5.85. The van der Waals surface area contributed by atoms with E-state index in [9.17, 15) is 4.79 Å². The molecular weight excluding hydrogens is 312 g/mol. The van der Waals surface area contributed by atoms with Gasteiger partial charge in [0.05, 0.1) is 13.2 Å². The van der Waals surface area contributed by atoms with Crippen LogP contribution >= 0.6 is 12.4 Å². The van der Waals surface area contributed by atoms with E-state index in [-0.39, 0.29) is 24.4 Å². The normalized spacial score (nSPS) is 16.6. The van der Waals surface area contributed by atoms with Gasteiger partial charge in [0.1, 0.15) is 5.75 Å². The Balaban J connectivity index is 0.00000264. The molecule has 2 rings (SSSR count). The van der Waals surface area contributed by atoms with Gasteiger partial charge in [0.2, 0.25) is 5.91 Å². The summed E-state index contributed by atoms with van der Waals surface area (Å²) in [4.78, 5) is 14.2. The molecule has 0 saturated carbocycles. The summed E-state index contributed by atoms with van der Waals surface area (Å²) in [6, 6.07) is 7.88. The summed E-state index contributed by atoms with van der Waals surface area (Å²) in [5.74, 6) is 1.70. The highest BCUT2D eigenvalue weighted by atomic mass is 35.5. The third-order valence-corrected chi connectivity index (χ3v) is 4.54. The van der Waals surface area contributed by atoms with E-state index in [2.05, 4.69) is 19.1 Å². The van der Waals surface area contributed by atoms with Crippen LogP contribution in [0.25, 0.3) is 0 Å². The molecule has 1 unspecified atom stereocenters. The van der Waals surface area contributed by atoms with Crippen LogP contribution in [0.1, 0.15) is 38.2 Å². The molecular formula is C18H29ClN2O2. The number of halogens is 1. The van der Waals surface area contributed by atoms with E-state index >= 15 is 0 Å². The molecule has 1 saturated heterocycles. The molecule has 0 spiro atoms. The van der Waals surface area contributed by atoms with Gasteiger partial charge in [0.25, 0.3) is 0 Å². The lowest BCUT2D eigenvalue weighted by atomic mass is 9.89. The Morgan fingerprint density at radius 3 is 2.61 bits per heavy atom. The Kier molecular flexibility index (Phi) is 8.42. The van der Waals surface area contributed by atoms with Gasteiger partial charge < -0.3 is 15.4 Å². The quantitative estimate of drug-likeness (QED) is 0.866. The first-order chi connectivity index (χ1) is 10.7. The maximum Gasteiger partial charge on any atom is 0.239 e. The van der Waals surface area contributed by atoms with Gasteiger partial charge in [-0.25, -0.2) is 0 Å². The van der Waals surface area contributed by atoms with E-state index in [1.54, 1.807) is 7.11 Å². The first kappa shape index (κ1) is 19.8. The molecule has 1 heterocycles. The van der Waals surface area contributed by atoms with Crippen LogP contribution in [0, 0.1) is 5.92 Å². The minimum Gasteiger partial charge on any atom is -0.496 e. The third kappa shape index (κ3) is 5.40. The number of piperidine rings is 1. The maximum absolute atomic E-state index is 12.2. The van der Waals surface area contributed by atoms with Crippen molar-refractivity contribution < 1.29 is 9.53 Å². The summed E-state index contributed by atoms with van der Waals surface area (Å²) >= 11 is 0. The molecule has 130 valence electrons. The zero-order valence-corrected chi connectivity index (χ0v) is 15.0. The largest absolute Gasteiger partial charge is 0.496 e. The van der Waals surface area contributed by atoms with E-state index in [4.69, 9.17) is 10.5 Å². The summed E-state index contributed by atoms with van der Waals surface area (Å²) < 4.78 is 5.42. The minimum atomic E-state index is -0.323. The molecule has 0 aromatic heterocycles. The zero-order chi connectivity index (χ0) is 15.9. The molecule has 5 heteroatoms. The Bertz CT molecular complexity index is 488. The van der Waals surface area contributed by atoms with Crippen LogP contribution in [0.4, 0.5) is 0 Å². The van der Waals surface area contributed by atoms with Gasteiger partial charge >= 0.3 is 0 Å². The molecule has 0 radical (unpaired) electrons. The predicted octanol–water partition coefficient (Wildman–Crippen LogP) is 3.03. The van der Waals surface area contributed by atoms with E-state index < -0.39 is 0 Å². The lowest BCUT2D eigenvalue weighted by Crippen LogP contribution is -2.47. The lowest BCUT2D eigenvalue weighted by molar-refractivity contribution is -0.134. The molecule has 1 fully saturated rings. The number of methoxy groups -OCH3 is 1. The van der Waals surface area contributed by atoms with Crippen molar-refractivity contribution in [1.29, 1.82) is 0 Å². The minimum absolute atomic E-state index is 0. The van der Waals surface area contributed by atoms with Crippen LogP contribution in [-0.4, -0.2) is 37.0 Å². The number of rotatable bonds is 6. The second-order valence-corrected chi connectivity index (χ2v) is 6.18. The van der Waals surface area contributed by atoms with Crippen LogP contribution < -0.4 is 10.5 Å². The number of amides is 1. The SMILES string of the molecule is CCCC(N)C(=O)N1CCC(Cc2ccccc2OC)CC1.Cl. The van der Waals surface area contributed by atoms with Crippen LogP contribution in [0.5, 0.6) is 5.75 Å².